The molecule has 0 aliphatic rings. The maximum atomic E-state index is 13.3. The topological polar surface area (TPSA) is 55.6 Å². The van der Waals surface area contributed by atoms with Crippen molar-refractivity contribution in [2.75, 3.05) is 7.11 Å². The molecule has 0 bridgehead atoms. The van der Waals surface area contributed by atoms with Gasteiger partial charge in [-0.1, -0.05) is 42.5 Å². The second-order valence-electron chi connectivity index (χ2n) is 7.21. The van der Waals surface area contributed by atoms with E-state index in [0.29, 0.717) is 30.4 Å². The van der Waals surface area contributed by atoms with Crippen molar-refractivity contribution in [1.82, 2.24) is 9.88 Å². The lowest BCUT2D eigenvalue weighted by Crippen LogP contribution is -2.31. The van der Waals surface area contributed by atoms with Crippen LogP contribution in [-0.4, -0.2) is 22.9 Å². The van der Waals surface area contributed by atoms with Gasteiger partial charge in [0.1, 0.15) is 11.5 Å². The van der Waals surface area contributed by atoms with Gasteiger partial charge in [0.2, 0.25) is 11.8 Å². The van der Waals surface area contributed by atoms with Crippen LogP contribution in [0.5, 0.6) is 5.75 Å². The van der Waals surface area contributed by atoms with Crippen LogP contribution in [0, 0.1) is 6.92 Å². The van der Waals surface area contributed by atoms with Gasteiger partial charge in [0, 0.05) is 22.5 Å². The quantitative estimate of drug-likeness (QED) is 0.369. The van der Waals surface area contributed by atoms with Crippen LogP contribution in [0.4, 0.5) is 0 Å². The molecular weight excluding hydrogens is 408 g/mol. The minimum atomic E-state index is -0.00434. The fourth-order valence-corrected chi connectivity index (χ4v) is 4.13. The lowest BCUT2D eigenvalue weighted by molar-refractivity contribution is -0.131. The molecule has 0 N–H and O–H groups in total. The Morgan fingerprint density at radius 2 is 1.81 bits per heavy atom. The van der Waals surface area contributed by atoms with Gasteiger partial charge in [0.25, 0.3) is 0 Å². The van der Waals surface area contributed by atoms with E-state index in [9.17, 15) is 4.79 Å². The molecule has 0 spiro atoms. The molecule has 0 aliphatic carbocycles. The van der Waals surface area contributed by atoms with Crippen LogP contribution in [0.1, 0.15) is 21.9 Å². The first-order valence-corrected chi connectivity index (χ1v) is 11.0. The zero-order valence-electron chi connectivity index (χ0n) is 17.6. The number of aromatic nitrogens is 1. The van der Waals surface area contributed by atoms with E-state index in [1.807, 2.05) is 83.9 Å². The summed E-state index contributed by atoms with van der Waals surface area (Å²) in [5.74, 6) is 1.97. The Hall–Kier alpha value is -3.38. The Bertz CT molecular complexity index is 1140. The Morgan fingerprint density at radius 3 is 2.55 bits per heavy atom. The highest BCUT2D eigenvalue weighted by Gasteiger charge is 2.21. The monoisotopic (exact) mass is 432 g/mol. The van der Waals surface area contributed by atoms with E-state index in [-0.39, 0.29) is 12.3 Å². The average molecular weight is 433 g/mol. The first kappa shape index (κ1) is 20.9. The molecule has 0 atom stereocenters. The number of amides is 1. The van der Waals surface area contributed by atoms with Crippen LogP contribution in [0.15, 0.2) is 76.5 Å². The number of hydrogen-bond donors (Lipinski definition) is 0. The van der Waals surface area contributed by atoms with Crippen molar-refractivity contribution in [3.8, 4) is 17.2 Å². The van der Waals surface area contributed by atoms with Crippen molar-refractivity contribution in [3.05, 3.63) is 94.0 Å². The number of ether oxygens (including phenoxy) is 1. The summed E-state index contributed by atoms with van der Waals surface area (Å²) in [5.41, 5.74) is 2.53. The van der Waals surface area contributed by atoms with E-state index in [1.54, 1.807) is 18.4 Å². The standard InChI is InChI=1S/C25H24N2O3S/c1-18-22(26-25(30-18)19-9-4-3-5-10-19)15-24(28)27(17-21-12-8-14-31-21)16-20-11-6-7-13-23(20)29-2/h3-14H,15-17H2,1-2H3. The summed E-state index contributed by atoms with van der Waals surface area (Å²) in [6, 6.07) is 21.6. The number of hydrogen-bond acceptors (Lipinski definition) is 5. The van der Waals surface area contributed by atoms with Gasteiger partial charge in [0.15, 0.2) is 0 Å². The second-order valence-corrected chi connectivity index (χ2v) is 8.24. The highest BCUT2D eigenvalue weighted by molar-refractivity contribution is 7.09. The van der Waals surface area contributed by atoms with Crippen LogP contribution in [0.3, 0.4) is 0 Å². The molecule has 0 fully saturated rings. The normalized spacial score (nSPS) is 10.8. The molecule has 0 aliphatic heterocycles. The number of nitrogens with zero attached hydrogens (tertiary/aromatic N) is 2. The van der Waals surface area contributed by atoms with E-state index < -0.39 is 0 Å². The molecular formula is C25H24N2O3S. The van der Waals surface area contributed by atoms with Crippen LogP contribution in [0.2, 0.25) is 0 Å². The Kier molecular flexibility index (Phi) is 6.48. The van der Waals surface area contributed by atoms with E-state index >= 15 is 0 Å². The second kappa shape index (κ2) is 9.62. The van der Waals surface area contributed by atoms with Gasteiger partial charge in [-0.05, 0) is 36.6 Å². The van der Waals surface area contributed by atoms with Crippen molar-refractivity contribution in [1.29, 1.82) is 0 Å². The van der Waals surface area contributed by atoms with Crippen LogP contribution < -0.4 is 4.74 Å². The predicted octanol–water partition coefficient (Wildman–Crippen LogP) is 5.49. The third kappa shape index (κ3) is 5.03. The number of benzene rings is 2. The number of aryl methyl sites for hydroxylation is 1. The maximum Gasteiger partial charge on any atom is 0.229 e. The summed E-state index contributed by atoms with van der Waals surface area (Å²) in [6.07, 6.45) is 0.183. The number of oxazole rings is 1. The van der Waals surface area contributed by atoms with Crippen molar-refractivity contribution in [2.24, 2.45) is 0 Å². The van der Waals surface area contributed by atoms with E-state index in [4.69, 9.17) is 9.15 Å². The number of rotatable bonds is 8. The minimum Gasteiger partial charge on any atom is -0.496 e. The van der Waals surface area contributed by atoms with E-state index in [0.717, 1.165) is 21.8 Å². The molecule has 6 heteroatoms. The lowest BCUT2D eigenvalue weighted by Gasteiger charge is -2.23. The van der Waals surface area contributed by atoms with Gasteiger partial charge in [-0.25, -0.2) is 4.98 Å². The maximum absolute atomic E-state index is 13.3. The zero-order chi connectivity index (χ0) is 21.6. The van der Waals surface area contributed by atoms with Crippen LogP contribution >= 0.6 is 11.3 Å². The fourth-order valence-electron chi connectivity index (χ4n) is 3.41. The number of carbonyl (C=O) groups is 1. The first-order chi connectivity index (χ1) is 15.1. The molecule has 0 unspecified atom stereocenters. The lowest BCUT2D eigenvalue weighted by atomic mass is 10.1. The van der Waals surface area contributed by atoms with Gasteiger partial charge in [-0.2, -0.15) is 0 Å². The van der Waals surface area contributed by atoms with Crippen molar-refractivity contribution in [2.45, 2.75) is 26.4 Å². The summed E-state index contributed by atoms with van der Waals surface area (Å²) < 4.78 is 11.3. The molecule has 2 aromatic carbocycles. The van der Waals surface area contributed by atoms with Crippen molar-refractivity contribution in [3.63, 3.8) is 0 Å². The molecule has 158 valence electrons. The van der Waals surface area contributed by atoms with Gasteiger partial charge in [-0.3, -0.25) is 4.79 Å². The molecule has 0 saturated heterocycles. The Labute approximate surface area is 185 Å². The first-order valence-electron chi connectivity index (χ1n) is 10.1. The summed E-state index contributed by atoms with van der Waals surface area (Å²) in [4.78, 5) is 20.9. The SMILES string of the molecule is COc1ccccc1CN(Cc1cccs1)C(=O)Cc1nc(-c2ccccc2)oc1C. The minimum absolute atomic E-state index is 0.00434. The van der Waals surface area contributed by atoms with Crippen molar-refractivity contribution >= 4 is 17.2 Å². The average Bonchev–Trinajstić information content (AvgIpc) is 3.44. The highest BCUT2D eigenvalue weighted by Crippen LogP contribution is 2.24. The summed E-state index contributed by atoms with van der Waals surface area (Å²) in [7, 11) is 1.65. The third-order valence-electron chi connectivity index (χ3n) is 5.07. The molecule has 5 nitrogen and oxygen atoms in total. The number of methoxy groups -OCH3 is 1. The molecule has 4 aromatic rings. The molecule has 2 aromatic heterocycles. The predicted molar refractivity (Wildman–Crippen MR) is 122 cm³/mol. The van der Waals surface area contributed by atoms with E-state index in [1.165, 1.54) is 0 Å². The highest BCUT2D eigenvalue weighted by atomic mass is 32.1. The Balaban J connectivity index is 1.56. The number of thiophene rings is 1. The molecule has 31 heavy (non-hydrogen) atoms. The fraction of sp³-hybridized carbons (Fsp3) is 0.200. The van der Waals surface area contributed by atoms with Gasteiger partial charge < -0.3 is 14.1 Å². The van der Waals surface area contributed by atoms with E-state index in [2.05, 4.69) is 4.98 Å². The van der Waals surface area contributed by atoms with Gasteiger partial charge in [-0.15, -0.1) is 11.3 Å². The summed E-state index contributed by atoms with van der Waals surface area (Å²) >= 11 is 1.64. The number of carbonyl (C=O) groups excluding carboxylic acids is 1. The van der Waals surface area contributed by atoms with Crippen LogP contribution in [0.25, 0.3) is 11.5 Å². The largest absolute Gasteiger partial charge is 0.496 e. The molecule has 4 rings (SSSR count). The Morgan fingerprint density at radius 1 is 1.03 bits per heavy atom. The summed E-state index contributed by atoms with van der Waals surface area (Å²) in [6.45, 7) is 2.85. The molecule has 2 heterocycles. The van der Waals surface area contributed by atoms with Crippen LogP contribution in [-0.2, 0) is 24.3 Å². The zero-order valence-corrected chi connectivity index (χ0v) is 18.4. The third-order valence-corrected chi connectivity index (χ3v) is 5.93. The molecule has 0 radical (unpaired) electrons. The summed E-state index contributed by atoms with van der Waals surface area (Å²) in [5, 5.41) is 2.02. The van der Waals surface area contributed by atoms with Crippen molar-refractivity contribution < 1.29 is 13.9 Å². The molecule has 1 amide bonds. The van der Waals surface area contributed by atoms with Gasteiger partial charge in [0.05, 0.1) is 25.8 Å². The smallest absolute Gasteiger partial charge is 0.229 e. The molecule has 0 saturated carbocycles. The number of para-hydroxylation sites is 1. The van der Waals surface area contributed by atoms with Gasteiger partial charge >= 0.3 is 0 Å².